The van der Waals surface area contributed by atoms with E-state index < -0.39 is 12.0 Å². The Morgan fingerprint density at radius 1 is 1.12 bits per heavy atom. The SMILES string of the molecule is CCC(Nc1nc(Nc2cccc(-c3ccccn3)c2)c2ncn(C(C)C)c2n1)C(=O)O.Cl.O. The fourth-order valence-corrected chi connectivity index (χ4v) is 3.37. The maximum Gasteiger partial charge on any atom is 0.326 e. The number of rotatable bonds is 8. The molecule has 0 saturated heterocycles. The number of carboxylic acids is 1. The molecular weight excluding hydrogens is 458 g/mol. The van der Waals surface area contributed by atoms with Gasteiger partial charge in [0.2, 0.25) is 5.95 Å². The largest absolute Gasteiger partial charge is 0.480 e. The predicted molar refractivity (Wildman–Crippen MR) is 135 cm³/mol. The second-order valence-corrected chi connectivity index (χ2v) is 7.68. The monoisotopic (exact) mass is 485 g/mol. The Kier molecular flexibility index (Phi) is 8.88. The van der Waals surface area contributed by atoms with Crippen molar-refractivity contribution in [2.24, 2.45) is 0 Å². The van der Waals surface area contributed by atoms with Crippen molar-refractivity contribution in [3.63, 3.8) is 0 Å². The number of hydrogen-bond donors (Lipinski definition) is 3. The molecule has 0 saturated carbocycles. The van der Waals surface area contributed by atoms with Crippen molar-refractivity contribution in [2.75, 3.05) is 10.6 Å². The van der Waals surface area contributed by atoms with Gasteiger partial charge in [-0.1, -0.05) is 25.1 Å². The average Bonchev–Trinajstić information content (AvgIpc) is 3.23. The molecule has 1 atom stereocenters. The van der Waals surface area contributed by atoms with Gasteiger partial charge >= 0.3 is 5.97 Å². The number of carboxylic acid groups (broad SMARTS) is 1. The smallest absolute Gasteiger partial charge is 0.326 e. The highest BCUT2D eigenvalue weighted by Gasteiger charge is 2.20. The number of hydrogen-bond acceptors (Lipinski definition) is 7. The third-order valence-corrected chi connectivity index (χ3v) is 5.07. The summed E-state index contributed by atoms with van der Waals surface area (Å²) in [5.41, 5.74) is 3.87. The molecule has 34 heavy (non-hydrogen) atoms. The summed E-state index contributed by atoms with van der Waals surface area (Å²) in [5, 5.41) is 15.7. The fourth-order valence-electron chi connectivity index (χ4n) is 3.37. The van der Waals surface area contributed by atoms with Crippen molar-refractivity contribution >= 4 is 47.0 Å². The first-order valence-electron chi connectivity index (χ1n) is 10.5. The van der Waals surface area contributed by atoms with Crippen LogP contribution in [0, 0.1) is 0 Å². The molecule has 0 spiro atoms. The number of aromatic nitrogens is 5. The zero-order chi connectivity index (χ0) is 22.7. The van der Waals surface area contributed by atoms with E-state index in [-0.39, 0.29) is 29.9 Å². The first kappa shape index (κ1) is 26.5. The van der Waals surface area contributed by atoms with Crippen molar-refractivity contribution in [2.45, 2.75) is 39.3 Å². The van der Waals surface area contributed by atoms with Gasteiger partial charge in [-0.3, -0.25) is 4.98 Å². The number of benzene rings is 1. The Morgan fingerprint density at radius 2 is 1.91 bits per heavy atom. The number of halogens is 1. The molecule has 180 valence electrons. The minimum absolute atomic E-state index is 0. The summed E-state index contributed by atoms with van der Waals surface area (Å²) < 4.78 is 1.93. The van der Waals surface area contributed by atoms with Gasteiger partial charge in [0, 0.05) is 23.5 Å². The number of fused-ring (bicyclic) bond motifs is 1. The molecule has 0 amide bonds. The second kappa shape index (κ2) is 11.4. The van der Waals surface area contributed by atoms with E-state index in [0.29, 0.717) is 23.4 Å². The number of imidazole rings is 1. The van der Waals surface area contributed by atoms with E-state index in [4.69, 9.17) is 0 Å². The lowest BCUT2D eigenvalue weighted by Gasteiger charge is -2.15. The highest BCUT2D eigenvalue weighted by Crippen LogP contribution is 2.28. The molecule has 0 aliphatic rings. The molecule has 3 heterocycles. The van der Waals surface area contributed by atoms with Gasteiger partial charge in [-0.25, -0.2) is 9.78 Å². The van der Waals surface area contributed by atoms with E-state index in [1.807, 2.05) is 60.9 Å². The van der Waals surface area contributed by atoms with Crippen molar-refractivity contribution in [3.05, 3.63) is 55.0 Å². The van der Waals surface area contributed by atoms with Crippen LogP contribution in [0.4, 0.5) is 17.5 Å². The van der Waals surface area contributed by atoms with E-state index >= 15 is 0 Å². The predicted octanol–water partition coefficient (Wildman–Crippen LogP) is 4.09. The third-order valence-electron chi connectivity index (χ3n) is 5.07. The van der Waals surface area contributed by atoms with Crippen LogP contribution >= 0.6 is 12.4 Å². The lowest BCUT2D eigenvalue weighted by Crippen LogP contribution is -2.29. The van der Waals surface area contributed by atoms with E-state index in [1.54, 1.807) is 19.4 Å². The van der Waals surface area contributed by atoms with Crippen LogP contribution in [0.3, 0.4) is 0 Å². The summed E-state index contributed by atoms with van der Waals surface area (Å²) in [7, 11) is 0. The maximum atomic E-state index is 11.5. The fraction of sp³-hybridized carbons (Fsp3) is 0.261. The molecular formula is C23H28ClN7O3. The molecule has 0 aliphatic carbocycles. The third kappa shape index (κ3) is 5.59. The van der Waals surface area contributed by atoms with Crippen LogP contribution in [0.2, 0.25) is 0 Å². The topological polar surface area (TPSA) is 149 Å². The van der Waals surface area contributed by atoms with Crippen molar-refractivity contribution in [1.29, 1.82) is 0 Å². The summed E-state index contributed by atoms with van der Waals surface area (Å²) in [6.45, 7) is 5.86. The number of anilines is 3. The summed E-state index contributed by atoms with van der Waals surface area (Å²) in [4.78, 5) is 29.5. The number of aliphatic carboxylic acids is 1. The van der Waals surface area contributed by atoms with Gasteiger partial charge in [0.25, 0.3) is 0 Å². The van der Waals surface area contributed by atoms with E-state index in [1.165, 1.54) is 0 Å². The van der Waals surface area contributed by atoms with Gasteiger partial charge in [0.05, 0.1) is 12.0 Å². The summed E-state index contributed by atoms with van der Waals surface area (Å²) >= 11 is 0. The van der Waals surface area contributed by atoms with Crippen LogP contribution in [0.1, 0.15) is 33.2 Å². The molecule has 11 heteroatoms. The molecule has 3 aromatic heterocycles. The van der Waals surface area contributed by atoms with Gasteiger partial charge in [-0.15, -0.1) is 12.4 Å². The van der Waals surface area contributed by atoms with Crippen LogP contribution in [0.25, 0.3) is 22.4 Å². The highest BCUT2D eigenvalue weighted by atomic mass is 35.5. The Hall–Kier alpha value is -3.76. The molecule has 5 N–H and O–H groups in total. The molecule has 4 rings (SSSR count). The number of carbonyl (C=O) groups is 1. The summed E-state index contributed by atoms with van der Waals surface area (Å²) in [5.74, 6) is -0.223. The Balaban J connectivity index is 0.00000204. The number of nitrogens with zero attached hydrogens (tertiary/aromatic N) is 5. The quantitative estimate of drug-likeness (QED) is 0.337. The van der Waals surface area contributed by atoms with Crippen LogP contribution in [0.5, 0.6) is 0 Å². The lowest BCUT2D eigenvalue weighted by atomic mass is 10.1. The average molecular weight is 486 g/mol. The standard InChI is InChI=1S/C23H25N7O2.ClH.H2O/c1-4-17(22(31)32)27-23-28-20(19-21(29-23)30(13-25-19)14(2)3)26-16-9-7-8-15(12-16)18-10-5-6-11-24-18;;/h5-14,17H,4H2,1-3H3,(H,31,32)(H2,26,27,28,29);1H;1H2. The summed E-state index contributed by atoms with van der Waals surface area (Å²) in [6, 6.07) is 13.0. The van der Waals surface area contributed by atoms with Gasteiger partial charge < -0.3 is 25.8 Å². The summed E-state index contributed by atoms with van der Waals surface area (Å²) in [6.07, 6.45) is 3.87. The van der Waals surface area contributed by atoms with E-state index in [9.17, 15) is 9.90 Å². The highest BCUT2D eigenvalue weighted by molar-refractivity contribution is 5.87. The number of nitrogens with one attached hydrogen (secondary N) is 2. The normalized spacial score (nSPS) is 11.4. The first-order chi connectivity index (χ1) is 15.5. The Labute approximate surface area is 203 Å². The molecule has 1 aromatic carbocycles. The minimum atomic E-state index is -0.953. The molecule has 0 bridgehead atoms. The maximum absolute atomic E-state index is 11.5. The zero-order valence-corrected chi connectivity index (χ0v) is 19.9. The molecule has 0 fully saturated rings. The van der Waals surface area contributed by atoms with Gasteiger partial charge in [-0.05, 0) is 44.5 Å². The molecule has 4 aromatic rings. The van der Waals surface area contributed by atoms with Crippen molar-refractivity contribution < 1.29 is 15.4 Å². The van der Waals surface area contributed by atoms with Crippen LogP contribution in [-0.2, 0) is 4.79 Å². The van der Waals surface area contributed by atoms with Gasteiger partial charge in [0.15, 0.2) is 17.0 Å². The zero-order valence-electron chi connectivity index (χ0n) is 19.1. The Morgan fingerprint density at radius 3 is 2.56 bits per heavy atom. The van der Waals surface area contributed by atoms with Crippen molar-refractivity contribution in [3.8, 4) is 11.3 Å². The van der Waals surface area contributed by atoms with Crippen molar-refractivity contribution in [1.82, 2.24) is 24.5 Å². The van der Waals surface area contributed by atoms with Crippen LogP contribution in [-0.4, -0.2) is 47.1 Å². The molecule has 0 radical (unpaired) electrons. The lowest BCUT2D eigenvalue weighted by molar-refractivity contribution is -0.138. The first-order valence-corrected chi connectivity index (χ1v) is 10.5. The van der Waals surface area contributed by atoms with Crippen LogP contribution in [0.15, 0.2) is 55.0 Å². The Bertz CT molecular complexity index is 1250. The van der Waals surface area contributed by atoms with Crippen LogP contribution < -0.4 is 10.6 Å². The minimum Gasteiger partial charge on any atom is -0.480 e. The molecule has 10 nitrogen and oxygen atoms in total. The second-order valence-electron chi connectivity index (χ2n) is 7.68. The number of pyridine rings is 1. The van der Waals surface area contributed by atoms with E-state index in [0.717, 1.165) is 16.9 Å². The van der Waals surface area contributed by atoms with E-state index in [2.05, 4.69) is 30.6 Å². The molecule has 1 unspecified atom stereocenters. The molecule has 0 aliphatic heterocycles. The van der Waals surface area contributed by atoms with Gasteiger partial charge in [0.1, 0.15) is 6.04 Å². The van der Waals surface area contributed by atoms with Gasteiger partial charge in [-0.2, -0.15) is 9.97 Å².